The number of aromatic nitrogens is 1. The van der Waals surface area contributed by atoms with Crippen molar-refractivity contribution < 1.29 is 13.2 Å². The van der Waals surface area contributed by atoms with Crippen molar-refractivity contribution in [3.05, 3.63) is 35.3 Å². The molecule has 1 N–H and O–H groups in total. The third-order valence-corrected chi connectivity index (χ3v) is 4.10. The first kappa shape index (κ1) is 14.2. The van der Waals surface area contributed by atoms with Crippen LogP contribution in [0.2, 0.25) is 0 Å². The van der Waals surface area contributed by atoms with Crippen molar-refractivity contribution in [3.63, 3.8) is 0 Å². The van der Waals surface area contributed by atoms with Crippen LogP contribution in [0, 0.1) is 17.5 Å². The lowest BCUT2D eigenvalue weighted by atomic mass is 10.0. The van der Waals surface area contributed by atoms with E-state index in [0.29, 0.717) is 12.2 Å². The van der Waals surface area contributed by atoms with Crippen LogP contribution in [0.5, 0.6) is 0 Å². The molecule has 1 fully saturated rings. The van der Waals surface area contributed by atoms with E-state index in [1.807, 2.05) is 13.0 Å². The van der Waals surface area contributed by atoms with E-state index in [1.165, 1.54) is 0 Å². The number of pyridine rings is 1. The van der Waals surface area contributed by atoms with Crippen LogP contribution < -0.4 is 5.32 Å². The molecule has 0 saturated heterocycles. The molecule has 0 aliphatic heterocycles. The minimum absolute atomic E-state index is 0.0887. The van der Waals surface area contributed by atoms with Crippen LogP contribution in [-0.2, 0) is 0 Å². The summed E-state index contributed by atoms with van der Waals surface area (Å²) in [6.45, 7) is 2.52. The van der Waals surface area contributed by atoms with Crippen molar-refractivity contribution in [3.8, 4) is 0 Å². The van der Waals surface area contributed by atoms with E-state index in [4.69, 9.17) is 0 Å². The van der Waals surface area contributed by atoms with Gasteiger partial charge < -0.3 is 5.32 Å². The molecule has 0 unspecified atom stereocenters. The molecule has 1 saturated carbocycles. The second kappa shape index (κ2) is 5.54. The van der Waals surface area contributed by atoms with Crippen LogP contribution in [0.1, 0.15) is 44.2 Å². The lowest BCUT2D eigenvalue weighted by Gasteiger charge is -2.15. The average molecular weight is 294 g/mol. The van der Waals surface area contributed by atoms with Crippen LogP contribution >= 0.6 is 0 Å². The number of halogens is 3. The highest BCUT2D eigenvalue weighted by molar-refractivity contribution is 5.92. The Morgan fingerprint density at radius 3 is 2.52 bits per heavy atom. The topological polar surface area (TPSA) is 24.9 Å². The van der Waals surface area contributed by atoms with Crippen molar-refractivity contribution in [1.82, 2.24) is 4.98 Å². The first-order valence-electron chi connectivity index (χ1n) is 7.33. The standard InChI is InChI=1S/C16H17F3N2/c1-2-20-13-8-12(9-5-3-4-6-9)21-16-10(13)7-11(17)14(18)15(16)19/h7-9H,2-6H2,1H3,(H,20,21). The van der Waals surface area contributed by atoms with E-state index >= 15 is 0 Å². The Morgan fingerprint density at radius 1 is 1.14 bits per heavy atom. The van der Waals surface area contributed by atoms with Gasteiger partial charge in [-0.3, -0.25) is 0 Å². The first-order valence-corrected chi connectivity index (χ1v) is 7.33. The highest BCUT2D eigenvalue weighted by atomic mass is 19.2. The number of fused-ring (bicyclic) bond motifs is 1. The molecule has 2 aromatic rings. The predicted octanol–water partition coefficient (Wildman–Crippen LogP) is 4.74. The van der Waals surface area contributed by atoms with Gasteiger partial charge in [-0.1, -0.05) is 12.8 Å². The monoisotopic (exact) mass is 294 g/mol. The number of benzene rings is 1. The molecule has 0 radical (unpaired) electrons. The van der Waals surface area contributed by atoms with Gasteiger partial charge >= 0.3 is 0 Å². The molecule has 21 heavy (non-hydrogen) atoms. The molecule has 5 heteroatoms. The van der Waals surface area contributed by atoms with Crippen LogP contribution in [-0.4, -0.2) is 11.5 Å². The third-order valence-electron chi connectivity index (χ3n) is 4.10. The van der Waals surface area contributed by atoms with Gasteiger partial charge in [-0.2, -0.15) is 0 Å². The van der Waals surface area contributed by atoms with Crippen LogP contribution in [0.15, 0.2) is 12.1 Å². The number of hydrogen-bond acceptors (Lipinski definition) is 2. The van der Waals surface area contributed by atoms with Crippen LogP contribution in [0.25, 0.3) is 10.9 Å². The molecule has 2 nitrogen and oxygen atoms in total. The minimum atomic E-state index is -1.46. The molecule has 0 atom stereocenters. The molecule has 1 aliphatic rings. The van der Waals surface area contributed by atoms with Gasteiger partial charge in [-0.25, -0.2) is 18.2 Å². The number of anilines is 1. The van der Waals surface area contributed by atoms with Gasteiger partial charge in [0.15, 0.2) is 17.5 Å². The van der Waals surface area contributed by atoms with E-state index in [2.05, 4.69) is 10.3 Å². The number of nitrogens with one attached hydrogen (secondary N) is 1. The molecule has 3 rings (SSSR count). The van der Waals surface area contributed by atoms with Gasteiger partial charge in [0.25, 0.3) is 0 Å². The lowest BCUT2D eigenvalue weighted by molar-refractivity contribution is 0.452. The van der Waals surface area contributed by atoms with Crippen LogP contribution in [0.4, 0.5) is 18.9 Å². The molecule has 1 aromatic heterocycles. The predicted molar refractivity (Wildman–Crippen MR) is 77.0 cm³/mol. The first-order chi connectivity index (χ1) is 10.1. The van der Waals surface area contributed by atoms with Crippen molar-refractivity contribution in [2.75, 3.05) is 11.9 Å². The molecule has 1 aliphatic carbocycles. The zero-order valence-corrected chi connectivity index (χ0v) is 11.8. The maximum atomic E-state index is 14.0. The summed E-state index contributed by atoms with van der Waals surface area (Å²) in [6, 6.07) is 2.86. The Kier molecular flexibility index (Phi) is 3.74. The van der Waals surface area contributed by atoms with E-state index in [0.717, 1.165) is 37.4 Å². The van der Waals surface area contributed by atoms with Gasteiger partial charge in [-0.05, 0) is 31.9 Å². The van der Waals surface area contributed by atoms with E-state index in [1.54, 1.807) is 0 Å². The fraction of sp³-hybridized carbons (Fsp3) is 0.438. The number of hydrogen-bond donors (Lipinski definition) is 1. The largest absolute Gasteiger partial charge is 0.385 e. The Morgan fingerprint density at radius 2 is 1.86 bits per heavy atom. The molecule has 0 bridgehead atoms. The Hall–Kier alpha value is -1.78. The summed E-state index contributed by atoms with van der Waals surface area (Å²) in [6.07, 6.45) is 4.27. The zero-order chi connectivity index (χ0) is 15.0. The SMILES string of the molecule is CCNc1cc(C2CCCC2)nc2c(F)c(F)c(F)cc12. The van der Waals surface area contributed by atoms with E-state index < -0.39 is 17.5 Å². The molecule has 112 valence electrons. The fourth-order valence-corrected chi connectivity index (χ4v) is 3.05. The zero-order valence-electron chi connectivity index (χ0n) is 11.8. The van der Waals surface area contributed by atoms with E-state index in [9.17, 15) is 13.2 Å². The third kappa shape index (κ3) is 2.45. The normalized spacial score (nSPS) is 15.8. The molecule has 1 aromatic carbocycles. The molecular weight excluding hydrogens is 277 g/mol. The molecule has 1 heterocycles. The fourth-order valence-electron chi connectivity index (χ4n) is 3.05. The second-order valence-electron chi connectivity index (χ2n) is 5.49. The smallest absolute Gasteiger partial charge is 0.196 e. The van der Waals surface area contributed by atoms with Gasteiger partial charge in [0.2, 0.25) is 0 Å². The number of rotatable bonds is 3. The van der Waals surface area contributed by atoms with E-state index in [-0.39, 0.29) is 16.8 Å². The minimum Gasteiger partial charge on any atom is -0.385 e. The maximum absolute atomic E-state index is 14.0. The Balaban J connectivity index is 2.23. The molecule has 0 spiro atoms. The second-order valence-corrected chi connectivity index (χ2v) is 5.49. The summed E-state index contributed by atoms with van der Waals surface area (Å²) in [5, 5.41) is 3.38. The highest BCUT2D eigenvalue weighted by Gasteiger charge is 2.23. The van der Waals surface area contributed by atoms with Crippen molar-refractivity contribution in [2.24, 2.45) is 0 Å². The Labute approximate surface area is 121 Å². The van der Waals surface area contributed by atoms with Crippen molar-refractivity contribution in [1.29, 1.82) is 0 Å². The summed E-state index contributed by atoms with van der Waals surface area (Å²) in [5.74, 6) is -3.57. The molecule has 0 amide bonds. The quantitative estimate of drug-likeness (QED) is 0.827. The van der Waals surface area contributed by atoms with Crippen molar-refractivity contribution >= 4 is 16.6 Å². The summed E-state index contributed by atoms with van der Waals surface area (Å²) in [5.41, 5.74) is 1.29. The number of nitrogens with zero attached hydrogens (tertiary/aromatic N) is 1. The van der Waals surface area contributed by atoms with Gasteiger partial charge in [-0.15, -0.1) is 0 Å². The average Bonchev–Trinajstić information content (AvgIpc) is 3.00. The Bertz CT molecular complexity index is 679. The van der Waals surface area contributed by atoms with Gasteiger partial charge in [0.05, 0.1) is 0 Å². The van der Waals surface area contributed by atoms with Crippen molar-refractivity contribution in [2.45, 2.75) is 38.5 Å². The van der Waals surface area contributed by atoms with Crippen LogP contribution in [0.3, 0.4) is 0 Å². The maximum Gasteiger partial charge on any atom is 0.196 e. The highest BCUT2D eigenvalue weighted by Crippen LogP contribution is 2.37. The summed E-state index contributed by atoms with van der Waals surface area (Å²) in [4.78, 5) is 4.28. The van der Waals surface area contributed by atoms with Gasteiger partial charge in [0.1, 0.15) is 5.52 Å². The summed E-state index contributed by atoms with van der Waals surface area (Å²) in [7, 11) is 0. The molecular formula is C16H17F3N2. The lowest BCUT2D eigenvalue weighted by Crippen LogP contribution is -2.05. The summed E-state index contributed by atoms with van der Waals surface area (Å²) < 4.78 is 41.0. The van der Waals surface area contributed by atoms with Gasteiger partial charge in [0, 0.05) is 29.2 Å². The summed E-state index contributed by atoms with van der Waals surface area (Å²) >= 11 is 0.